The maximum absolute atomic E-state index is 6.27. The monoisotopic (exact) mass is 364 g/mol. The van der Waals surface area contributed by atoms with Crippen molar-refractivity contribution in [2.45, 2.75) is 6.61 Å². The van der Waals surface area contributed by atoms with E-state index < -0.39 is 0 Å². The Hall–Kier alpha value is -1.92. The summed E-state index contributed by atoms with van der Waals surface area (Å²) < 4.78 is 8.00. The minimum absolute atomic E-state index is 0.347. The van der Waals surface area contributed by atoms with Gasteiger partial charge in [-0.1, -0.05) is 28.9 Å². The van der Waals surface area contributed by atoms with Crippen molar-refractivity contribution >= 4 is 27.5 Å². The molecule has 0 radical (unpaired) electrons. The standard InChI is InChI=1S/C14H10BrClN4O/c15-13-2-1-3-14(18-13)21-9-10-4-5-11(8-12(10)16)20-7-6-17-19-20/h1-8H,9H2. The van der Waals surface area contributed by atoms with Crippen molar-refractivity contribution in [3.05, 3.63) is 64.0 Å². The fraction of sp³-hybridized carbons (Fsp3) is 0.0714. The van der Waals surface area contributed by atoms with Crippen LogP contribution >= 0.6 is 27.5 Å². The first-order valence-electron chi connectivity index (χ1n) is 6.13. The molecule has 2 aromatic heterocycles. The molecule has 0 aliphatic carbocycles. The van der Waals surface area contributed by atoms with Gasteiger partial charge in [-0.25, -0.2) is 9.67 Å². The van der Waals surface area contributed by atoms with Gasteiger partial charge in [0.25, 0.3) is 0 Å². The second-order valence-electron chi connectivity index (χ2n) is 4.21. The molecule has 21 heavy (non-hydrogen) atoms. The minimum Gasteiger partial charge on any atom is -0.473 e. The highest BCUT2D eigenvalue weighted by atomic mass is 79.9. The summed E-state index contributed by atoms with van der Waals surface area (Å²) in [7, 11) is 0. The zero-order chi connectivity index (χ0) is 14.7. The molecule has 2 heterocycles. The van der Waals surface area contributed by atoms with Crippen molar-refractivity contribution in [3.8, 4) is 11.6 Å². The van der Waals surface area contributed by atoms with E-state index >= 15 is 0 Å². The summed E-state index contributed by atoms with van der Waals surface area (Å²) in [4.78, 5) is 4.21. The van der Waals surface area contributed by atoms with Crippen LogP contribution in [0, 0.1) is 0 Å². The molecule has 3 aromatic rings. The van der Waals surface area contributed by atoms with Crippen LogP contribution in [0.4, 0.5) is 0 Å². The van der Waals surface area contributed by atoms with Crippen molar-refractivity contribution < 1.29 is 4.74 Å². The number of hydrogen-bond donors (Lipinski definition) is 0. The molecule has 0 amide bonds. The summed E-state index contributed by atoms with van der Waals surface area (Å²) in [6.07, 6.45) is 3.37. The van der Waals surface area contributed by atoms with Gasteiger partial charge in [-0.05, 0) is 34.1 Å². The van der Waals surface area contributed by atoms with Crippen LogP contribution in [0.15, 0.2) is 53.4 Å². The van der Waals surface area contributed by atoms with Gasteiger partial charge in [0.1, 0.15) is 11.2 Å². The van der Waals surface area contributed by atoms with E-state index in [1.807, 2.05) is 30.3 Å². The summed E-state index contributed by atoms with van der Waals surface area (Å²) in [6.45, 7) is 0.347. The van der Waals surface area contributed by atoms with Crippen LogP contribution < -0.4 is 4.74 Å². The van der Waals surface area contributed by atoms with Crippen LogP contribution in [-0.2, 0) is 6.61 Å². The Balaban J connectivity index is 1.74. The average Bonchev–Trinajstić information content (AvgIpc) is 3.00. The van der Waals surface area contributed by atoms with Gasteiger partial charge in [0.05, 0.1) is 18.1 Å². The van der Waals surface area contributed by atoms with E-state index in [1.54, 1.807) is 23.1 Å². The zero-order valence-corrected chi connectivity index (χ0v) is 13.1. The van der Waals surface area contributed by atoms with Crippen LogP contribution in [0.2, 0.25) is 5.02 Å². The molecule has 0 bridgehead atoms. The van der Waals surface area contributed by atoms with Crippen molar-refractivity contribution in [1.29, 1.82) is 0 Å². The topological polar surface area (TPSA) is 52.8 Å². The van der Waals surface area contributed by atoms with Gasteiger partial charge in [0.2, 0.25) is 5.88 Å². The number of aromatic nitrogens is 4. The molecule has 0 saturated carbocycles. The Bertz CT molecular complexity index is 748. The highest BCUT2D eigenvalue weighted by Crippen LogP contribution is 2.22. The predicted molar refractivity (Wildman–Crippen MR) is 82.6 cm³/mol. The van der Waals surface area contributed by atoms with E-state index in [4.69, 9.17) is 16.3 Å². The quantitative estimate of drug-likeness (QED) is 0.662. The maximum Gasteiger partial charge on any atom is 0.214 e. The number of halogens is 2. The molecule has 0 saturated heterocycles. The molecule has 0 atom stereocenters. The molecular formula is C14H10BrClN4O. The van der Waals surface area contributed by atoms with E-state index in [9.17, 15) is 0 Å². The largest absolute Gasteiger partial charge is 0.473 e. The molecule has 1 aromatic carbocycles. The lowest BCUT2D eigenvalue weighted by Gasteiger charge is -2.09. The second-order valence-corrected chi connectivity index (χ2v) is 5.43. The molecule has 106 valence electrons. The van der Waals surface area contributed by atoms with E-state index in [0.717, 1.165) is 15.9 Å². The number of ether oxygens (including phenoxy) is 1. The summed E-state index contributed by atoms with van der Waals surface area (Å²) in [5, 5.41) is 8.30. The summed E-state index contributed by atoms with van der Waals surface area (Å²) in [5.74, 6) is 0.542. The SMILES string of the molecule is Clc1cc(-n2ccnn2)ccc1COc1cccc(Br)n1. The van der Waals surface area contributed by atoms with Gasteiger partial charge < -0.3 is 4.74 Å². The molecule has 0 aliphatic rings. The predicted octanol–water partition coefficient (Wildman–Crippen LogP) is 3.66. The molecule has 0 fully saturated rings. The Morgan fingerprint density at radius 1 is 1.24 bits per heavy atom. The van der Waals surface area contributed by atoms with Gasteiger partial charge >= 0.3 is 0 Å². The lowest BCUT2D eigenvalue weighted by Crippen LogP contribution is -2.00. The molecule has 5 nitrogen and oxygen atoms in total. The molecule has 0 aliphatic heterocycles. The first-order valence-corrected chi connectivity index (χ1v) is 7.30. The number of nitrogens with zero attached hydrogens (tertiary/aromatic N) is 4. The average molecular weight is 366 g/mol. The van der Waals surface area contributed by atoms with Crippen LogP contribution in [0.25, 0.3) is 5.69 Å². The molecule has 3 rings (SSSR count). The third kappa shape index (κ3) is 3.40. The van der Waals surface area contributed by atoms with Gasteiger partial charge in [0.15, 0.2) is 0 Å². The highest BCUT2D eigenvalue weighted by Gasteiger charge is 2.05. The van der Waals surface area contributed by atoms with E-state index in [0.29, 0.717) is 17.5 Å². The maximum atomic E-state index is 6.27. The number of rotatable bonds is 4. The van der Waals surface area contributed by atoms with E-state index in [2.05, 4.69) is 31.2 Å². The van der Waals surface area contributed by atoms with Gasteiger partial charge in [-0.15, -0.1) is 5.10 Å². The zero-order valence-electron chi connectivity index (χ0n) is 10.8. The molecule has 7 heteroatoms. The summed E-state index contributed by atoms with van der Waals surface area (Å²) in [5.41, 5.74) is 1.73. The van der Waals surface area contributed by atoms with Crippen molar-refractivity contribution in [3.63, 3.8) is 0 Å². The third-order valence-electron chi connectivity index (χ3n) is 2.79. The highest BCUT2D eigenvalue weighted by molar-refractivity contribution is 9.10. The van der Waals surface area contributed by atoms with Crippen LogP contribution in [0.5, 0.6) is 5.88 Å². The van der Waals surface area contributed by atoms with Gasteiger partial charge in [-0.3, -0.25) is 0 Å². The van der Waals surface area contributed by atoms with Gasteiger partial charge in [-0.2, -0.15) is 0 Å². The third-order valence-corrected chi connectivity index (χ3v) is 3.58. The van der Waals surface area contributed by atoms with Crippen molar-refractivity contribution in [1.82, 2.24) is 20.0 Å². The Labute approximate surface area is 134 Å². The first kappa shape index (κ1) is 14.0. The normalized spacial score (nSPS) is 10.6. The molecule has 0 N–H and O–H groups in total. The summed E-state index contributed by atoms with van der Waals surface area (Å²) >= 11 is 9.57. The Morgan fingerprint density at radius 2 is 2.14 bits per heavy atom. The molecule has 0 spiro atoms. The van der Waals surface area contributed by atoms with Crippen molar-refractivity contribution in [2.75, 3.05) is 0 Å². The van der Waals surface area contributed by atoms with Gasteiger partial charge in [0, 0.05) is 16.7 Å². The smallest absolute Gasteiger partial charge is 0.214 e. The van der Waals surface area contributed by atoms with Crippen LogP contribution in [0.3, 0.4) is 0 Å². The second kappa shape index (κ2) is 6.24. The Morgan fingerprint density at radius 3 is 2.86 bits per heavy atom. The van der Waals surface area contributed by atoms with Crippen LogP contribution in [0.1, 0.15) is 5.56 Å². The Kier molecular flexibility index (Phi) is 4.17. The fourth-order valence-corrected chi connectivity index (χ4v) is 2.32. The van der Waals surface area contributed by atoms with Crippen LogP contribution in [-0.4, -0.2) is 20.0 Å². The number of hydrogen-bond acceptors (Lipinski definition) is 4. The number of benzene rings is 1. The lowest BCUT2D eigenvalue weighted by molar-refractivity contribution is 0.293. The van der Waals surface area contributed by atoms with E-state index in [-0.39, 0.29) is 0 Å². The van der Waals surface area contributed by atoms with E-state index in [1.165, 1.54) is 0 Å². The van der Waals surface area contributed by atoms with Crippen molar-refractivity contribution in [2.24, 2.45) is 0 Å². The lowest BCUT2D eigenvalue weighted by atomic mass is 10.2. The number of pyridine rings is 1. The fourth-order valence-electron chi connectivity index (χ4n) is 1.76. The minimum atomic E-state index is 0.347. The molecular weight excluding hydrogens is 356 g/mol. The summed E-state index contributed by atoms with van der Waals surface area (Å²) in [6, 6.07) is 11.1. The first-order chi connectivity index (χ1) is 10.2. The molecule has 0 unspecified atom stereocenters.